The molecule has 0 aliphatic rings. The van der Waals surface area contributed by atoms with Crippen molar-refractivity contribution in [3.05, 3.63) is 52.5 Å². The first kappa shape index (κ1) is 12.9. The molecular formula is C14H16N2OS. The molecule has 2 rings (SSSR count). The van der Waals surface area contributed by atoms with Crippen LogP contribution < -0.4 is 5.73 Å². The first-order valence-corrected chi connectivity index (χ1v) is 6.89. The molecule has 0 aromatic carbocycles. The molecule has 18 heavy (non-hydrogen) atoms. The van der Waals surface area contributed by atoms with Crippen LogP contribution in [0, 0.1) is 0 Å². The van der Waals surface area contributed by atoms with Gasteiger partial charge in [-0.2, -0.15) is 11.3 Å². The van der Waals surface area contributed by atoms with Gasteiger partial charge in [0.15, 0.2) is 0 Å². The van der Waals surface area contributed by atoms with Crippen molar-refractivity contribution in [2.75, 3.05) is 6.54 Å². The largest absolute Gasteiger partial charge is 0.329 e. The van der Waals surface area contributed by atoms with E-state index < -0.39 is 0 Å². The van der Waals surface area contributed by atoms with Crippen LogP contribution in [0.1, 0.15) is 23.5 Å². The highest BCUT2D eigenvalue weighted by Crippen LogP contribution is 2.20. The summed E-state index contributed by atoms with van der Waals surface area (Å²) in [5, 5.41) is 3.98. The number of rotatable bonds is 6. The molecule has 2 heterocycles. The van der Waals surface area contributed by atoms with E-state index in [4.69, 9.17) is 5.73 Å². The Hall–Kier alpha value is -1.52. The first-order chi connectivity index (χ1) is 8.81. The Kier molecular flexibility index (Phi) is 4.61. The normalized spacial score (nSPS) is 12.3. The molecule has 0 radical (unpaired) electrons. The van der Waals surface area contributed by atoms with E-state index in [0.29, 0.717) is 13.0 Å². The second-order valence-electron chi connectivity index (χ2n) is 4.17. The monoisotopic (exact) mass is 260 g/mol. The number of nitrogens with two attached hydrogens (primary N) is 1. The van der Waals surface area contributed by atoms with Crippen LogP contribution in [0.3, 0.4) is 0 Å². The lowest BCUT2D eigenvalue weighted by atomic mass is 9.93. The van der Waals surface area contributed by atoms with Gasteiger partial charge in [-0.15, -0.1) is 0 Å². The number of carbonyl (C=O) groups excluding carboxylic acids is 1. The number of pyridine rings is 1. The molecule has 94 valence electrons. The quantitative estimate of drug-likeness (QED) is 0.867. The van der Waals surface area contributed by atoms with E-state index in [-0.39, 0.29) is 11.7 Å². The molecule has 0 aliphatic carbocycles. The fraction of sp³-hybridized carbons (Fsp3) is 0.286. The van der Waals surface area contributed by atoms with Crippen molar-refractivity contribution in [3.8, 4) is 0 Å². The van der Waals surface area contributed by atoms with Crippen molar-refractivity contribution in [1.29, 1.82) is 0 Å². The third-order valence-electron chi connectivity index (χ3n) is 2.95. The highest BCUT2D eigenvalue weighted by atomic mass is 32.1. The van der Waals surface area contributed by atoms with Crippen molar-refractivity contribution < 1.29 is 4.79 Å². The predicted octanol–water partition coefficient (Wildman–Crippen LogP) is 2.39. The molecule has 3 nitrogen and oxygen atoms in total. The maximum Gasteiger partial charge on any atom is 0.141 e. The number of nitrogens with zero attached hydrogens (tertiary/aromatic N) is 1. The topological polar surface area (TPSA) is 56.0 Å². The molecule has 2 aromatic heterocycles. The number of ketones is 1. The van der Waals surface area contributed by atoms with E-state index in [1.807, 2.05) is 29.0 Å². The Morgan fingerprint density at radius 2 is 2.33 bits per heavy atom. The van der Waals surface area contributed by atoms with Gasteiger partial charge in [-0.25, -0.2) is 0 Å². The van der Waals surface area contributed by atoms with Crippen molar-refractivity contribution in [2.24, 2.45) is 5.73 Å². The van der Waals surface area contributed by atoms with Gasteiger partial charge in [0.1, 0.15) is 5.78 Å². The van der Waals surface area contributed by atoms with E-state index in [0.717, 1.165) is 17.5 Å². The van der Waals surface area contributed by atoms with E-state index in [2.05, 4.69) is 4.98 Å². The Balaban J connectivity index is 1.95. The fourth-order valence-electron chi connectivity index (χ4n) is 1.91. The highest BCUT2D eigenvalue weighted by Gasteiger charge is 2.18. The number of hydrogen-bond donors (Lipinski definition) is 1. The molecule has 0 saturated heterocycles. The van der Waals surface area contributed by atoms with Crippen LogP contribution in [-0.4, -0.2) is 17.3 Å². The number of thiophene rings is 1. The number of aryl methyl sites for hydroxylation is 1. The van der Waals surface area contributed by atoms with Gasteiger partial charge in [-0.05, 0) is 40.4 Å². The van der Waals surface area contributed by atoms with Crippen LogP contribution in [0.5, 0.6) is 0 Å². The van der Waals surface area contributed by atoms with Gasteiger partial charge < -0.3 is 5.73 Å². The predicted molar refractivity (Wildman–Crippen MR) is 73.7 cm³/mol. The molecule has 0 spiro atoms. The third-order valence-corrected chi connectivity index (χ3v) is 3.65. The number of hydrogen-bond acceptors (Lipinski definition) is 4. The van der Waals surface area contributed by atoms with Gasteiger partial charge in [0.25, 0.3) is 0 Å². The van der Waals surface area contributed by atoms with Gasteiger partial charge in [-0.3, -0.25) is 9.78 Å². The minimum atomic E-state index is -0.159. The second kappa shape index (κ2) is 6.42. The SMILES string of the molecule is NC[C@@H](C(=O)CCc1cccnc1)c1ccsc1. The molecule has 0 saturated carbocycles. The summed E-state index contributed by atoms with van der Waals surface area (Å²) in [7, 11) is 0. The van der Waals surface area contributed by atoms with Crippen LogP contribution in [0.4, 0.5) is 0 Å². The molecule has 4 heteroatoms. The lowest BCUT2D eigenvalue weighted by Crippen LogP contribution is -2.21. The van der Waals surface area contributed by atoms with Crippen molar-refractivity contribution in [1.82, 2.24) is 4.98 Å². The average Bonchev–Trinajstić information content (AvgIpc) is 2.92. The minimum Gasteiger partial charge on any atom is -0.329 e. The standard InChI is InChI=1S/C14H16N2OS/c15-8-13(12-5-7-18-10-12)14(17)4-3-11-2-1-6-16-9-11/h1-2,5-7,9-10,13H,3-4,8,15H2/t13-/m1/s1. The zero-order valence-corrected chi connectivity index (χ0v) is 10.9. The molecule has 2 aromatic rings. The number of carbonyl (C=O) groups is 1. The van der Waals surface area contributed by atoms with Crippen molar-refractivity contribution in [3.63, 3.8) is 0 Å². The maximum atomic E-state index is 12.2. The smallest absolute Gasteiger partial charge is 0.141 e. The Morgan fingerprint density at radius 3 is 2.94 bits per heavy atom. The van der Waals surface area contributed by atoms with Crippen LogP contribution in [0.25, 0.3) is 0 Å². The van der Waals surface area contributed by atoms with Crippen molar-refractivity contribution >= 4 is 17.1 Å². The fourth-order valence-corrected chi connectivity index (χ4v) is 2.63. The lowest BCUT2D eigenvalue weighted by molar-refractivity contribution is -0.120. The van der Waals surface area contributed by atoms with E-state index in [1.165, 1.54) is 0 Å². The van der Waals surface area contributed by atoms with Crippen LogP contribution in [0.2, 0.25) is 0 Å². The summed E-state index contributed by atoms with van der Waals surface area (Å²) in [5.41, 5.74) is 7.84. The summed E-state index contributed by atoms with van der Waals surface area (Å²) in [6, 6.07) is 5.85. The number of aromatic nitrogens is 1. The Labute approximate surface area is 111 Å². The first-order valence-electron chi connectivity index (χ1n) is 5.95. The highest BCUT2D eigenvalue weighted by molar-refractivity contribution is 7.08. The summed E-state index contributed by atoms with van der Waals surface area (Å²) in [6.45, 7) is 0.378. The van der Waals surface area contributed by atoms with E-state index in [1.54, 1.807) is 23.7 Å². The Morgan fingerprint density at radius 1 is 1.44 bits per heavy atom. The third kappa shape index (κ3) is 3.24. The summed E-state index contributed by atoms with van der Waals surface area (Å²) in [4.78, 5) is 16.2. The summed E-state index contributed by atoms with van der Waals surface area (Å²) in [6.07, 6.45) is 4.78. The molecule has 0 bridgehead atoms. The van der Waals surface area contributed by atoms with Gasteiger partial charge in [0.2, 0.25) is 0 Å². The van der Waals surface area contributed by atoms with E-state index in [9.17, 15) is 4.79 Å². The molecule has 0 aliphatic heterocycles. The molecule has 2 N–H and O–H groups in total. The molecule has 1 atom stereocenters. The maximum absolute atomic E-state index is 12.2. The molecule has 0 fully saturated rings. The summed E-state index contributed by atoms with van der Waals surface area (Å²) < 4.78 is 0. The van der Waals surface area contributed by atoms with Gasteiger partial charge in [0.05, 0.1) is 5.92 Å². The van der Waals surface area contributed by atoms with Crippen LogP contribution in [-0.2, 0) is 11.2 Å². The zero-order chi connectivity index (χ0) is 12.8. The second-order valence-corrected chi connectivity index (χ2v) is 4.95. The van der Waals surface area contributed by atoms with Gasteiger partial charge >= 0.3 is 0 Å². The lowest BCUT2D eigenvalue weighted by Gasteiger charge is -2.11. The van der Waals surface area contributed by atoms with Crippen molar-refractivity contribution in [2.45, 2.75) is 18.8 Å². The van der Waals surface area contributed by atoms with Crippen LogP contribution >= 0.6 is 11.3 Å². The van der Waals surface area contributed by atoms with Gasteiger partial charge in [-0.1, -0.05) is 6.07 Å². The van der Waals surface area contributed by atoms with Gasteiger partial charge in [0, 0.05) is 25.4 Å². The molecular weight excluding hydrogens is 244 g/mol. The average molecular weight is 260 g/mol. The summed E-state index contributed by atoms with van der Waals surface area (Å²) >= 11 is 1.60. The molecule has 0 unspecified atom stereocenters. The van der Waals surface area contributed by atoms with E-state index >= 15 is 0 Å². The minimum absolute atomic E-state index is 0.159. The van der Waals surface area contributed by atoms with Crippen LogP contribution in [0.15, 0.2) is 41.4 Å². The number of Topliss-reactive ketones (excluding diaryl/α,β-unsaturated/α-hetero) is 1. The zero-order valence-electron chi connectivity index (χ0n) is 10.1. The summed E-state index contributed by atoms with van der Waals surface area (Å²) in [5.74, 6) is 0.0488. The molecule has 0 amide bonds. The Bertz CT molecular complexity index is 482.